The summed E-state index contributed by atoms with van der Waals surface area (Å²) in [6.45, 7) is 6.48. The number of rotatable bonds is 5. The molecule has 1 atom stereocenters. The molecule has 0 radical (unpaired) electrons. The molecule has 1 amide bonds. The Hall–Kier alpha value is -0.940. The molecule has 1 fully saturated rings. The van der Waals surface area contributed by atoms with Gasteiger partial charge in [0.25, 0.3) is 0 Å². The van der Waals surface area contributed by atoms with E-state index in [1.807, 2.05) is 13.1 Å². The average Bonchev–Trinajstić information content (AvgIpc) is 2.97. The molecule has 1 aliphatic heterocycles. The monoisotopic (exact) mass is 267 g/mol. The highest BCUT2D eigenvalue weighted by Gasteiger charge is 2.39. The fourth-order valence-corrected chi connectivity index (χ4v) is 3.30. The van der Waals surface area contributed by atoms with E-state index < -0.39 is 0 Å². The zero-order chi connectivity index (χ0) is 13.0. The lowest BCUT2D eigenvalue weighted by Gasteiger charge is -2.26. The molecule has 0 saturated carbocycles. The van der Waals surface area contributed by atoms with E-state index >= 15 is 0 Å². The van der Waals surface area contributed by atoms with Crippen LogP contribution >= 0.6 is 11.3 Å². The van der Waals surface area contributed by atoms with Crippen LogP contribution in [0.4, 0.5) is 0 Å². The number of thiazole rings is 1. The topological polar surface area (TPSA) is 54.0 Å². The largest absolute Gasteiger partial charge is 0.349 e. The maximum absolute atomic E-state index is 12.4. The van der Waals surface area contributed by atoms with Gasteiger partial charge in [-0.15, -0.1) is 11.3 Å². The Morgan fingerprint density at radius 1 is 1.67 bits per heavy atom. The van der Waals surface area contributed by atoms with Gasteiger partial charge in [0.1, 0.15) is 5.01 Å². The van der Waals surface area contributed by atoms with Gasteiger partial charge < -0.3 is 10.6 Å². The second-order valence-corrected chi connectivity index (χ2v) is 6.32. The number of aryl methyl sites for hydroxylation is 1. The van der Waals surface area contributed by atoms with Crippen LogP contribution in [-0.4, -0.2) is 24.0 Å². The van der Waals surface area contributed by atoms with Crippen molar-refractivity contribution in [3.8, 4) is 0 Å². The molecular formula is C13H21N3OS. The SMILES string of the molecule is CCCC1(C(=O)NCc2ncc(C)s2)CCNC1. The Morgan fingerprint density at radius 2 is 2.50 bits per heavy atom. The maximum Gasteiger partial charge on any atom is 0.227 e. The van der Waals surface area contributed by atoms with E-state index in [1.54, 1.807) is 11.3 Å². The first kappa shape index (κ1) is 13.5. The number of aromatic nitrogens is 1. The number of carbonyl (C=O) groups excluding carboxylic acids is 1. The third kappa shape index (κ3) is 2.90. The Bertz CT molecular complexity index is 410. The minimum atomic E-state index is -0.193. The van der Waals surface area contributed by atoms with Gasteiger partial charge in [-0.3, -0.25) is 4.79 Å². The second kappa shape index (κ2) is 5.80. The molecular weight excluding hydrogens is 246 g/mol. The lowest BCUT2D eigenvalue weighted by Crippen LogP contribution is -2.42. The molecule has 1 aliphatic rings. The summed E-state index contributed by atoms with van der Waals surface area (Å²) in [6, 6.07) is 0. The summed E-state index contributed by atoms with van der Waals surface area (Å²) < 4.78 is 0. The lowest BCUT2D eigenvalue weighted by atomic mass is 9.81. The quantitative estimate of drug-likeness (QED) is 0.856. The summed E-state index contributed by atoms with van der Waals surface area (Å²) in [5.41, 5.74) is -0.193. The van der Waals surface area contributed by atoms with Gasteiger partial charge in [0, 0.05) is 17.6 Å². The van der Waals surface area contributed by atoms with Crippen LogP contribution < -0.4 is 10.6 Å². The molecule has 2 N–H and O–H groups in total. The predicted molar refractivity (Wildman–Crippen MR) is 73.5 cm³/mol. The van der Waals surface area contributed by atoms with Crippen molar-refractivity contribution in [3.05, 3.63) is 16.1 Å². The number of amides is 1. The van der Waals surface area contributed by atoms with Crippen molar-refractivity contribution in [2.24, 2.45) is 5.41 Å². The molecule has 0 aromatic carbocycles. The highest BCUT2D eigenvalue weighted by Crippen LogP contribution is 2.31. The van der Waals surface area contributed by atoms with Gasteiger partial charge in [-0.05, 0) is 26.3 Å². The number of carbonyl (C=O) groups is 1. The summed E-state index contributed by atoms with van der Waals surface area (Å²) in [5.74, 6) is 0.183. The van der Waals surface area contributed by atoms with Crippen molar-refractivity contribution in [3.63, 3.8) is 0 Å². The molecule has 4 nitrogen and oxygen atoms in total. The van der Waals surface area contributed by atoms with Crippen LogP contribution in [-0.2, 0) is 11.3 Å². The van der Waals surface area contributed by atoms with Crippen LogP contribution in [0.3, 0.4) is 0 Å². The van der Waals surface area contributed by atoms with Crippen LogP contribution in [0.15, 0.2) is 6.20 Å². The van der Waals surface area contributed by atoms with Gasteiger partial charge in [0.2, 0.25) is 5.91 Å². The first-order chi connectivity index (χ1) is 8.66. The molecule has 5 heteroatoms. The molecule has 1 aromatic rings. The van der Waals surface area contributed by atoms with E-state index in [4.69, 9.17) is 0 Å². The Morgan fingerprint density at radius 3 is 3.06 bits per heavy atom. The van der Waals surface area contributed by atoms with Crippen molar-refractivity contribution in [2.45, 2.75) is 39.7 Å². The van der Waals surface area contributed by atoms with Crippen molar-refractivity contribution in [2.75, 3.05) is 13.1 Å². The number of nitrogens with one attached hydrogen (secondary N) is 2. The number of hydrogen-bond acceptors (Lipinski definition) is 4. The number of hydrogen-bond donors (Lipinski definition) is 2. The Kier molecular flexibility index (Phi) is 4.35. The van der Waals surface area contributed by atoms with Gasteiger partial charge in [-0.2, -0.15) is 0 Å². The van der Waals surface area contributed by atoms with Crippen LogP contribution in [0.5, 0.6) is 0 Å². The molecule has 0 bridgehead atoms. The van der Waals surface area contributed by atoms with Gasteiger partial charge >= 0.3 is 0 Å². The normalized spacial score (nSPS) is 23.2. The predicted octanol–water partition coefficient (Wildman–Crippen LogP) is 1.85. The third-order valence-electron chi connectivity index (χ3n) is 3.52. The summed E-state index contributed by atoms with van der Waals surface area (Å²) in [7, 11) is 0. The molecule has 0 aliphatic carbocycles. The fourth-order valence-electron chi connectivity index (χ4n) is 2.57. The summed E-state index contributed by atoms with van der Waals surface area (Å²) in [4.78, 5) is 17.8. The zero-order valence-electron chi connectivity index (χ0n) is 11.1. The van der Waals surface area contributed by atoms with E-state index in [9.17, 15) is 4.79 Å². The van der Waals surface area contributed by atoms with Crippen molar-refractivity contribution in [1.29, 1.82) is 0 Å². The maximum atomic E-state index is 12.4. The average molecular weight is 267 g/mol. The van der Waals surface area contributed by atoms with E-state index in [-0.39, 0.29) is 11.3 Å². The van der Waals surface area contributed by atoms with Gasteiger partial charge in [-0.1, -0.05) is 13.3 Å². The highest BCUT2D eigenvalue weighted by atomic mass is 32.1. The summed E-state index contributed by atoms with van der Waals surface area (Å²) in [5, 5.41) is 7.34. The van der Waals surface area contributed by atoms with E-state index in [0.717, 1.165) is 37.4 Å². The smallest absolute Gasteiger partial charge is 0.227 e. The van der Waals surface area contributed by atoms with Crippen LogP contribution in [0.1, 0.15) is 36.1 Å². The van der Waals surface area contributed by atoms with Gasteiger partial charge in [-0.25, -0.2) is 4.98 Å². The zero-order valence-corrected chi connectivity index (χ0v) is 11.9. The summed E-state index contributed by atoms with van der Waals surface area (Å²) in [6.07, 6.45) is 4.81. The van der Waals surface area contributed by atoms with Crippen molar-refractivity contribution in [1.82, 2.24) is 15.6 Å². The minimum absolute atomic E-state index is 0.183. The molecule has 1 saturated heterocycles. The van der Waals surface area contributed by atoms with Crippen LogP contribution in [0.2, 0.25) is 0 Å². The molecule has 1 aromatic heterocycles. The van der Waals surface area contributed by atoms with Crippen molar-refractivity contribution < 1.29 is 4.79 Å². The van der Waals surface area contributed by atoms with Gasteiger partial charge in [0.15, 0.2) is 0 Å². The molecule has 2 heterocycles. The van der Waals surface area contributed by atoms with E-state index in [0.29, 0.717) is 6.54 Å². The third-order valence-corrected chi connectivity index (χ3v) is 4.44. The molecule has 100 valence electrons. The van der Waals surface area contributed by atoms with E-state index in [2.05, 4.69) is 22.5 Å². The minimum Gasteiger partial charge on any atom is -0.349 e. The molecule has 0 spiro atoms. The summed E-state index contributed by atoms with van der Waals surface area (Å²) >= 11 is 1.64. The second-order valence-electron chi connectivity index (χ2n) is 5.00. The molecule has 1 unspecified atom stereocenters. The number of nitrogens with zero attached hydrogens (tertiary/aromatic N) is 1. The van der Waals surface area contributed by atoms with Crippen LogP contribution in [0.25, 0.3) is 0 Å². The fraction of sp³-hybridized carbons (Fsp3) is 0.692. The highest BCUT2D eigenvalue weighted by molar-refractivity contribution is 7.11. The lowest BCUT2D eigenvalue weighted by molar-refractivity contribution is -0.130. The van der Waals surface area contributed by atoms with Crippen LogP contribution in [0, 0.1) is 12.3 Å². The standard InChI is InChI=1S/C13H21N3OS/c1-3-4-13(5-6-14-9-13)12(17)16-8-11-15-7-10(2)18-11/h7,14H,3-6,8-9H2,1-2H3,(H,16,17). The first-order valence-electron chi connectivity index (χ1n) is 6.56. The Labute approximate surface area is 112 Å². The first-order valence-corrected chi connectivity index (χ1v) is 7.38. The molecule has 18 heavy (non-hydrogen) atoms. The van der Waals surface area contributed by atoms with E-state index in [1.165, 1.54) is 4.88 Å². The van der Waals surface area contributed by atoms with Crippen molar-refractivity contribution >= 4 is 17.2 Å². The molecule has 2 rings (SSSR count). The van der Waals surface area contributed by atoms with Gasteiger partial charge in [0.05, 0.1) is 12.0 Å². The Balaban J connectivity index is 1.93.